The average Bonchev–Trinajstić information content (AvgIpc) is 2.83. The molecule has 1 N–H and O–H groups in total. The summed E-state index contributed by atoms with van der Waals surface area (Å²) < 4.78 is 22.9. The molecule has 2 rings (SSSR count). The molecule has 0 aliphatic rings. The number of hydrogen-bond donors (Lipinski definition) is 1. The Kier molecular flexibility index (Phi) is 5.13. The molecular weight excluding hydrogens is 304 g/mol. The molecule has 0 radical (unpaired) electrons. The van der Waals surface area contributed by atoms with Gasteiger partial charge in [0.2, 0.25) is 0 Å². The van der Waals surface area contributed by atoms with E-state index >= 15 is 0 Å². The van der Waals surface area contributed by atoms with Crippen LogP contribution in [0.3, 0.4) is 0 Å². The van der Waals surface area contributed by atoms with Crippen LogP contribution in [0, 0.1) is 6.92 Å². The Morgan fingerprint density at radius 2 is 1.95 bits per heavy atom. The van der Waals surface area contributed by atoms with Crippen molar-refractivity contribution >= 4 is 21.2 Å². The van der Waals surface area contributed by atoms with Gasteiger partial charge >= 0.3 is 0 Å². The minimum Gasteiger partial charge on any atom is -0.310 e. The van der Waals surface area contributed by atoms with Gasteiger partial charge in [0, 0.05) is 23.7 Å². The van der Waals surface area contributed by atoms with E-state index in [0.29, 0.717) is 4.90 Å². The van der Waals surface area contributed by atoms with Gasteiger partial charge in [0.15, 0.2) is 9.84 Å². The quantitative estimate of drug-likeness (QED) is 0.887. The molecule has 0 spiro atoms. The van der Waals surface area contributed by atoms with Gasteiger partial charge in [-0.05, 0) is 38.0 Å². The summed E-state index contributed by atoms with van der Waals surface area (Å²) in [6.07, 6.45) is 2.18. The maximum atomic E-state index is 11.4. The van der Waals surface area contributed by atoms with Crippen LogP contribution in [-0.4, -0.2) is 26.2 Å². The molecule has 0 amide bonds. The fourth-order valence-corrected chi connectivity index (χ4v) is 3.50. The maximum Gasteiger partial charge on any atom is 0.175 e. The number of aryl methyl sites for hydroxylation is 1. The van der Waals surface area contributed by atoms with Crippen molar-refractivity contribution in [2.75, 3.05) is 12.8 Å². The van der Waals surface area contributed by atoms with Crippen molar-refractivity contribution in [1.29, 1.82) is 0 Å². The Morgan fingerprint density at radius 3 is 2.48 bits per heavy atom. The van der Waals surface area contributed by atoms with Crippen molar-refractivity contribution in [3.8, 4) is 0 Å². The standard InChI is InChI=1S/C15H20N2O2S2/c1-11(16-9-8-15-12(2)17-10-20-15)13-4-6-14(7-5-13)21(3,18)19/h4-7,10-11,16H,8-9H2,1-3H3/t11-/m1/s1. The monoisotopic (exact) mass is 324 g/mol. The summed E-state index contributed by atoms with van der Waals surface area (Å²) in [4.78, 5) is 5.91. The highest BCUT2D eigenvalue weighted by Gasteiger charge is 2.09. The number of nitrogens with zero attached hydrogens (tertiary/aromatic N) is 1. The van der Waals surface area contributed by atoms with E-state index in [9.17, 15) is 8.42 Å². The van der Waals surface area contributed by atoms with Crippen LogP contribution in [0.15, 0.2) is 34.7 Å². The molecule has 21 heavy (non-hydrogen) atoms. The predicted octanol–water partition coefficient (Wildman–Crippen LogP) is 2.75. The Morgan fingerprint density at radius 1 is 1.29 bits per heavy atom. The lowest BCUT2D eigenvalue weighted by Crippen LogP contribution is -2.21. The molecule has 6 heteroatoms. The van der Waals surface area contributed by atoms with Gasteiger partial charge in [0.05, 0.1) is 16.1 Å². The van der Waals surface area contributed by atoms with Crippen LogP contribution < -0.4 is 5.32 Å². The molecule has 1 aromatic heterocycles. The first-order valence-electron chi connectivity index (χ1n) is 6.80. The van der Waals surface area contributed by atoms with Crippen molar-refractivity contribution in [2.24, 2.45) is 0 Å². The van der Waals surface area contributed by atoms with E-state index in [1.54, 1.807) is 23.5 Å². The van der Waals surface area contributed by atoms with Crippen molar-refractivity contribution in [3.05, 3.63) is 45.9 Å². The minimum atomic E-state index is -3.12. The van der Waals surface area contributed by atoms with Crippen molar-refractivity contribution in [2.45, 2.75) is 31.2 Å². The van der Waals surface area contributed by atoms with Crippen molar-refractivity contribution < 1.29 is 8.42 Å². The van der Waals surface area contributed by atoms with Gasteiger partial charge in [-0.2, -0.15) is 0 Å². The summed E-state index contributed by atoms with van der Waals surface area (Å²) in [5.41, 5.74) is 4.06. The van der Waals surface area contributed by atoms with Crippen LogP contribution in [0.5, 0.6) is 0 Å². The van der Waals surface area contributed by atoms with Crippen molar-refractivity contribution in [3.63, 3.8) is 0 Å². The van der Waals surface area contributed by atoms with E-state index in [1.807, 2.05) is 24.6 Å². The summed E-state index contributed by atoms with van der Waals surface area (Å²) in [7, 11) is -3.12. The van der Waals surface area contributed by atoms with E-state index in [2.05, 4.69) is 17.2 Å². The van der Waals surface area contributed by atoms with E-state index < -0.39 is 9.84 Å². The number of hydrogen-bond acceptors (Lipinski definition) is 5. The summed E-state index contributed by atoms with van der Waals surface area (Å²) >= 11 is 1.68. The first-order valence-corrected chi connectivity index (χ1v) is 9.57. The molecule has 0 bridgehead atoms. The van der Waals surface area contributed by atoms with Crippen LogP contribution in [0.4, 0.5) is 0 Å². The Labute approximate surface area is 130 Å². The molecule has 0 fully saturated rings. The lowest BCUT2D eigenvalue weighted by atomic mass is 10.1. The number of aromatic nitrogens is 1. The first-order chi connectivity index (χ1) is 9.88. The van der Waals surface area contributed by atoms with E-state index in [0.717, 1.165) is 24.2 Å². The second kappa shape index (κ2) is 6.68. The van der Waals surface area contributed by atoms with Gasteiger partial charge in [-0.15, -0.1) is 11.3 Å². The lowest BCUT2D eigenvalue weighted by molar-refractivity contribution is 0.577. The van der Waals surface area contributed by atoms with Gasteiger partial charge in [-0.1, -0.05) is 12.1 Å². The van der Waals surface area contributed by atoms with Gasteiger partial charge in [-0.3, -0.25) is 0 Å². The SMILES string of the molecule is Cc1ncsc1CCN[C@H](C)c1ccc(S(C)(=O)=O)cc1. The number of nitrogens with one attached hydrogen (secondary N) is 1. The van der Waals surface area contributed by atoms with Crippen LogP contribution >= 0.6 is 11.3 Å². The van der Waals surface area contributed by atoms with Gasteiger partial charge in [0.1, 0.15) is 0 Å². The molecule has 4 nitrogen and oxygen atoms in total. The number of thiazole rings is 1. The number of rotatable bonds is 6. The molecule has 0 aliphatic heterocycles. The molecular formula is C15H20N2O2S2. The Bertz CT molecular complexity index is 691. The first kappa shape index (κ1) is 16.1. The smallest absolute Gasteiger partial charge is 0.175 e. The molecule has 2 aromatic rings. The highest BCUT2D eigenvalue weighted by Crippen LogP contribution is 2.17. The highest BCUT2D eigenvalue weighted by atomic mass is 32.2. The maximum absolute atomic E-state index is 11.4. The van der Waals surface area contributed by atoms with Crippen LogP contribution in [0.1, 0.15) is 29.1 Å². The predicted molar refractivity (Wildman–Crippen MR) is 86.5 cm³/mol. The van der Waals surface area contributed by atoms with Gasteiger partial charge < -0.3 is 5.32 Å². The second-order valence-corrected chi connectivity index (χ2v) is 8.08. The summed E-state index contributed by atoms with van der Waals surface area (Å²) in [6.45, 7) is 4.98. The largest absolute Gasteiger partial charge is 0.310 e. The van der Waals surface area contributed by atoms with Crippen LogP contribution in [0.25, 0.3) is 0 Å². The minimum absolute atomic E-state index is 0.187. The second-order valence-electron chi connectivity index (χ2n) is 5.13. The van der Waals surface area contributed by atoms with Gasteiger partial charge in [0.25, 0.3) is 0 Å². The van der Waals surface area contributed by atoms with E-state index in [1.165, 1.54) is 11.1 Å². The molecule has 1 atom stereocenters. The number of sulfone groups is 1. The number of benzene rings is 1. The highest BCUT2D eigenvalue weighted by molar-refractivity contribution is 7.90. The normalized spacial score (nSPS) is 13.3. The zero-order valence-electron chi connectivity index (χ0n) is 12.5. The molecule has 114 valence electrons. The van der Waals surface area contributed by atoms with Gasteiger partial charge in [-0.25, -0.2) is 13.4 Å². The third-order valence-electron chi connectivity index (χ3n) is 3.46. The fraction of sp³-hybridized carbons (Fsp3) is 0.400. The fourth-order valence-electron chi connectivity index (χ4n) is 2.09. The van der Waals surface area contributed by atoms with E-state index in [-0.39, 0.29) is 6.04 Å². The Hall–Kier alpha value is -1.24. The average molecular weight is 324 g/mol. The zero-order chi connectivity index (χ0) is 15.5. The summed E-state index contributed by atoms with van der Waals surface area (Å²) in [5, 5.41) is 3.45. The summed E-state index contributed by atoms with van der Waals surface area (Å²) in [5.74, 6) is 0. The van der Waals surface area contributed by atoms with Crippen LogP contribution in [0.2, 0.25) is 0 Å². The van der Waals surface area contributed by atoms with E-state index in [4.69, 9.17) is 0 Å². The summed E-state index contributed by atoms with van der Waals surface area (Å²) in [6, 6.07) is 7.25. The van der Waals surface area contributed by atoms with Crippen molar-refractivity contribution in [1.82, 2.24) is 10.3 Å². The van der Waals surface area contributed by atoms with Crippen LogP contribution in [-0.2, 0) is 16.3 Å². The molecule has 0 aliphatic carbocycles. The third kappa shape index (κ3) is 4.36. The third-order valence-corrected chi connectivity index (χ3v) is 5.58. The molecule has 0 saturated heterocycles. The molecule has 1 aromatic carbocycles. The topological polar surface area (TPSA) is 59.1 Å². The molecule has 1 heterocycles. The Balaban J connectivity index is 1.91. The lowest BCUT2D eigenvalue weighted by Gasteiger charge is -2.14. The zero-order valence-corrected chi connectivity index (χ0v) is 14.1. The molecule has 0 unspecified atom stereocenters. The molecule has 0 saturated carbocycles.